The lowest BCUT2D eigenvalue weighted by atomic mass is 10.1. The van der Waals surface area contributed by atoms with Crippen molar-refractivity contribution in [3.63, 3.8) is 0 Å². The fourth-order valence-electron chi connectivity index (χ4n) is 2.56. The van der Waals surface area contributed by atoms with Gasteiger partial charge in [-0.25, -0.2) is 13.4 Å². The van der Waals surface area contributed by atoms with Crippen molar-refractivity contribution < 1.29 is 26.3 Å². The van der Waals surface area contributed by atoms with Gasteiger partial charge >= 0.3 is 6.18 Å². The standard InChI is InChI=1S/C19H17F3N2O3S/c1-3-28(25,26)15-7-8-17(16(10-15)18-23-11-12(2)24-18)27-14-6-4-5-13(9-14)19(20,21)22/h4-11H,3H2,1-2H3,(H,23,24). The molecule has 0 bridgehead atoms. The van der Waals surface area contributed by atoms with E-state index in [4.69, 9.17) is 4.74 Å². The van der Waals surface area contributed by atoms with Gasteiger partial charge in [0.25, 0.3) is 0 Å². The Morgan fingerprint density at radius 3 is 2.50 bits per heavy atom. The topological polar surface area (TPSA) is 72.1 Å². The van der Waals surface area contributed by atoms with E-state index in [2.05, 4.69) is 9.97 Å². The monoisotopic (exact) mass is 410 g/mol. The highest BCUT2D eigenvalue weighted by Crippen LogP contribution is 2.36. The first-order valence-electron chi connectivity index (χ1n) is 8.34. The first-order valence-corrected chi connectivity index (χ1v) is 9.99. The molecule has 0 aliphatic rings. The van der Waals surface area contributed by atoms with Crippen LogP contribution in [0.1, 0.15) is 18.2 Å². The number of hydrogen-bond acceptors (Lipinski definition) is 4. The number of ether oxygens (including phenoxy) is 1. The third kappa shape index (κ3) is 4.19. The Labute approximate surface area is 160 Å². The van der Waals surface area contributed by atoms with Crippen LogP contribution in [0.4, 0.5) is 13.2 Å². The van der Waals surface area contributed by atoms with Crippen LogP contribution in [0.5, 0.6) is 11.5 Å². The quantitative estimate of drug-likeness (QED) is 0.643. The Morgan fingerprint density at radius 2 is 1.89 bits per heavy atom. The molecule has 0 unspecified atom stereocenters. The maximum absolute atomic E-state index is 12.9. The third-order valence-corrected chi connectivity index (χ3v) is 5.77. The normalized spacial score (nSPS) is 12.2. The Balaban J connectivity index is 2.08. The number of aromatic amines is 1. The highest BCUT2D eigenvalue weighted by molar-refractivity contribution is 7.91. The number of nitrogens with one attached hydrogen (secondary N) is 1. The summed E-state index contributed by atoms with van der Waals surface area (Å²) in [7, 11) is -3.48. The Hall–Kier alpha value is -2.81. The predicted molar refractivity (Wildman–Crippen MR) is 98.0 cm³/mol. The Bertz CT molecular complexity index is 1110. The Kier molecular flexibility index (Phi) is 5.20. The van der Waals surface area contributed by atoms with Gasteiger partial charge in [0, 0.05) is 11.9 Å². The maximum atomic E-state index is 12.9. The number of H-pyrrole nitrogens is 1. The second-order valence-electron chi connectivity index (χ2n) is 6.10. The number of benzene rings is 2. The summed E-state index contributed by atoms with van der Waals surface area (Å²) < 4.78 is 68.9. The third-order valence-electron chi connectivity index (χ3n) is 4.04. The van der Waals surface area contributed by atoms with Crippen LogP contribution in [0.15, 0.2) is 53.6 Å². The van der Waals surface area contributed by atoms with E-state index >= 15 is 0 Å². The summed E-state index contributed by atoms with van der Waals surface area (Å²) in [6.07, 6.45) is -2.94. The van der Waals surface area contributed by atoms with Crippen molar-refractivity contribution in [2.75, 3.05) is 5.75 Å². The molecule has 1 heterocycles. The van der Waals surface area contributed by atoms with E-state index in [-0.39, 0.29) is 22.1 Å². The maximum Gasteiger partial charge on any atom is 0.416 e. The van der Waals surface area contributed by atoms with Crippen LogP contribution in [0.3, 0.4) is 0 Å². The van der Waals surface area contributed by atoms with Crippen LogP contribution in [0, 0.1) is 6.92 Å². The molecule has 148 valence electrons. The van der Waals surface area contributed by atoms with Crippen LogP contribution < -0.4 is 4.74 Å². The molecule has 9 heteroatoms. The number of nitrogens with zero attached hydrogens (tertiary/aromatic N) is 1. The van der Waals surface area contributed by atoms with Crippen LogP contribution in [0.2, 0.25) is 0 Å². The fraction of sp³-hybridized carbons (Fsp3) is 0.211. The molecule has 0 spiro atoms. The minimum absolute atomic E-state index is 0.0227. The fourth-order valence-corrected chi connectivity index (χ4v) is 3.46. The zero-order chi connectivity index (χ0) is 20.5. The summed E-state index contributed by atoms with van der Waals surface area (Å²) in [5, 5.41) is 0. The van der Waals surface area contributed by atoms with E-state index in [9.17, 15) is 21.6 Å². The first-order chi connectivity index (χ1) is 13.1. The van der Waals surface area contributed by atoms with Crippen LogP contribution >= 0.6 is 0 Å². The second kappa shape index (κ2) is 7.31. The molecular weight excluding hydrogens is 393 g/mol. The molecule has 0 saturated heterocycles. The summed E-state index contributed by atoms with van der Waals surface area (Å²) in [6, 6.07) is 8.64. The number of imidazole rings is 1. The first kappa shape index (κ1) is 19.9. The van der Waals surface area contributed by atoms with Crippen LogP contribution in [0.25, 0.3) is 11.4 Å². The lowest BCUT2D eigenvalue weighted by Crippen LogP contribution is -2.05. The molecule has 0 aliphatic carbocycles. The molecular formula is C19H17F3N2O3S. The molecule has 2 aromatic carbocycles. The zero-order valence-corrected chi connectivity index (χ0v) is 15.9. The molecule has 28 heavy (non-hydrogen) atoms. The van der Waals surface area contributed by atoms with E-state index in [1.54, 1.807) is 13.1 Å². The molecule has 0 amide bonds. The van der Waals surface area contributed by atoms with Crippen LogP contribution in [-0.2, 0) is 16.0 Å². The lowest BCUT2D eigenvalue weighted by molar-refractivity contribution is -0.137. The van der Waals surface area contributed by atoms with Gasteiger partial charge in [-0.1, -0.05) is 13.0 Å². The van der Waals surface area contributed by atoms with Gasteiger partial charge in [-0.3, -0.25) is 0 Å². The predicted octanol–water partition coefficient (Wildman–Crippen LogP) is 4.99. The van der Waals surface area contributed by atoms with Gasteiger partial charge in [0.05, 0.1) is 21.8 Å². The van der Waals surface area contributed by atoms with E-state index in [1.165, 1.54) is 37.3 Å². The second-order valence-corrected chi connectivity index (χ2v) is 8.38. The highest BCUT2D eigenvalue weighted by Gasteiger charge is 2.30. The molecule has 0 aliphatic heterocycles. The number of aromatic nitrogens is 2. The smallest absolute Gasteiger partial charge is 0.416 e. The molecule has 0 saturated carbocycles. The van der Waals surface area contributed by atoms with Gasteiger partial charge < -0.3 is 9.72 Å². The van der Waals surface area contributed by atoms with E-state index in [0.717, 1.165) is 17.8 Å². The van der Waals surface area contributed by atoms with Crippen LogP contribution in [-0.4, -0.2) is 24.1 Å². The van der Waals surface area contributed by atoms with Crippen molar-refractivity contribution in [1.82, 2.24) is 9.97 Å². The van der Waals surface area contributed by atoms with Crippen molar-refractivity contribution in [3.05, 3.63) is 59.9 Å². The molecule has 0 fully saturated rings. The zero-order valence-electron chi connectivity index (χ0n) is 15.0. The summed E-state index contributed by atoms with van der Waals surface area (Å²) in [4.78, 5) is 7.25. The minimum Gasteiger partial charge on any atom is -0.457 e. The highest BCUT2D eigenvalue weighted by atomic mass is 32.2. The van der Waals surface area contributed by atoms with Crippen molar-refractivity contribution in [2.45, 2.75) is 24.9 Å². The largest absolute Gasteiger partial charge is 0.457 e. The summed E-state index contributed by atoms with van der Waals surface area (Å²) in [6.45, 7) is 3.30. The molecule has 1 N–H and O–H groups in total. The molecule has 3 rings (SSSR count). The molecule has 0 radical (unpaired) electrons. The Morgan fingerprint density at radius 1 is 1.14 bits per heavy atom. The van der Waals surface area contributed by atoms with Gasteiger partial charge in [0.1, 0.15) is 17.3 Å². The average Bonchev–Trinajstić information content (AvgIpc) is 3.07. The molecule has 1 aromatic heterocycles. The van der Waals surface area contributed by atoms with Gasteiger partial charge in [-0.2, -0.15) is 13.2 Å². The molecule has 3 aromatic rings. The van der Waals surface area contributed by atoms with E-state index < -0.39 is 21.6 Å². The van der Waals surface area contributed by atoms with E-state index in [1.807, 2.05) is 0 Å². The summed E-state index contributed by atoms with van der Waals surface area (Å²) >= 11 is 0. The number of alkyl halides is 3. The SMILES string of the molecule is CCS(=O)(=O)c1ccc(Oc2cccc(C(F)(F)F)c2)c(-c2ncc(C)[nH]2)c1. The summed E-state index contributed by atoms with van der Waals surface area (Å²) in [5.74, 6) is 0.430. The number of halogens is 3. The summed E-state index contributed by atoms with van der Waals surface area (Å²) in [5.41, 5.74) is 0.231. The average molecular weight is 410 g/mol. The number of rotatable bonds is 5. The van der Waals surface area contributed by atoms with Crippen molar-refractivity contribution in [2.24, 2.45) is 0 Å². The molecule has 5 nitrogen and oxygen atoms in total. The number of sulfone groups is 1. The lowest BCUT2D eigenvalue weighted by Gasteiger charge is -2.13. The van der Waals surface area contributed by atoms with Gasteiger partial charge in [0.15, 0.2) is 9.84 Å². The number of aryl methyl sites for hydroxylation is 1. The number of hydrogen-bond donors (Lipinski definition) is 1. The minimum atomic E-state index is -4.50. The van der Waals surface area contributed by atoms with Gasteiger partial charge in [-0.15, -0.1) is 0 Å². The van der Waals surface area contributed by atoms with Crippen molar-refractivity contribution in [1.29, 1.82) is 0 Å². The van der Waals surface area contributed by atoms with E-state index in [0.29, 0.717) is 11.4 Å². The van der Waals surface area contributed by atoms with Crippen molar-refractivity contribution in [3.8, 4) is 22.9 Å². The van der Waals surface area contributed by atoms with Gasteiger partial charge in [0.2, 0.25) is 0 Å². The van der Waals surface area contributed by atoms with Gasteiger partial charge in [-0.05, 0) is 43.3 Å². The van der Waals surface area contributed by atoms with Crippen molar-refractivity contribution >= 4 is 9.84 Å². The molecule has 0 atom stereocenters.